The van der Waals surface area contributed by atoms with E-state index in [2.05, 4.69) is 0 Å². The van der Waals surface area contributed by atoms with E-state index in [1.54, 1.807) is 48.5 Å². The van der Waals surface area contributed by atoms with Crippen LogP contribution >= 0.6 is 0 Å². The van der Waals surface area contributed by atoms with E-state index in [9.17, 15) is 35.5 Å². The molecule has 0 saturated heterocycles. The fourth-order valence-electron chi connectivity index (χ4n) is 5.23. The van der Waals surface area contributed by atoms with Crippen LogP contribution in [0.25, 0.3) is 5.57 Å². The van der Waals surface area contributed by atoms with Crippen LogP contribution in [0, 0.1) is 5.92 Å². The highest BCUT2D eigenvalue weighted by Crippen LogP contribution is 2.57. The van der Waals surface area contributed by atoms with Crippen molar-refractivity contribution in [1.29, 1.82) is 0 Å². The van der Waals surface area contributed by atoms with Crippen molar-refractivity contribution in [2.24, 2.45) is 5.92 Å². The summed E-state index contributed by atoms with van der Waals surface area (Å²) < 4.78 is 78.9. The van der Waals surface area contributed by atoms with Crippen molar-refractivity contribution in [2.75, 3.05) is 0 Å². The van der Waals surface area contributed by atoms with E-state index >= 15 is 0 Å². The standard InChI is InChI=1S/C26H16O10S2/c27-24-16(15-10-9-14(37(29,30)31)13-22(15)38(32,33)34)11-12-21-23(24)26(19-7-3-4-8-20(19)35-21)18-6-2-1-5-17(18)25(28)36-26/h1-13,23H,(H,29,30,31)(H,32,33,34). The molecule has 2 N–H and O–H groups in total. The zero-order chi connectivity index (χ0) is 27.0. The average Bonchev–Trinajstić information content (AvgIpc) is 3.15. The monoisotopic (exact) mass is 552 g/mol. The van der Waals surface area contributed by atoms with Gasteiger partial charge in [0.15, 0.2) is 11.4 Å². The van der Waals surface area contributed by atoms with Crippen LogP contribution in [0.4, 0.5) is 0 Å². The molecule has 12 heteroatoms. The molecule has 192 valence electrons. The quantitative estimate of drug-likeness (QED) is 0.365. The molecule has 10 nitrogen and oxygen atoms in total. The third-order valence-corrected chi connectivity index (χ3v) is 8.51. The summed E-state index contributed by atoms with van der Waals surface area (Å²) in [5.41, 5.74) is -1.08. The lowest BCUT2D eigenvalue weighted by Gasteiger charge is -2.43. The highest BCUT2D eigenvalue weighted by molar-refractivity contribution is 7.86. The van der Waals surface area contributed by atoms with Gasteiger partial charge in [-0.2, -0.15) is 16.8 Å². The number of fused-ring (bicyclic) bond motifs is 6. The molecule has 2 unspecified atom stereocenters. The number of para-hydroxylation sites is 1. The van der Waals surface area contributed by atoms with Crippen LogP contribution in [0.15, 0.2) is 94.4 Å². The van der Waals surface area contributed by atoms with Gasteiger partial charge in [0.1, 0.15) is 22.3 Å². The number of ketones is 1. The minimum absolute atomic E-state index is 0.143. The van der Waals surface area contributed by atoms with Gasteiger partial charge in [-0.25, -0.2) is 4.79 Å². The Kier molecular flexibility index (Phi) is 5.07. The van der Waals surface area contributed by atoms with Gasteiger partial charge < -0.3 is 9.47 Å². The summed E-state index contributed by atoms with van der Waals surface area (Å²) in [5, 5.41) is 0. The van der Waals surface area contributed by atoms with Gasteiger partial charge in [-0.3, -0.25) is 13.9 Å². The second-order valence-electron chi connectivity index (χ2n) is 8.82. The Morgan fingerprint density at radius 3 is 2.16 bits per heavy atom. The Bertz CT molecular complexity index is 1870. The third kappa shape index (κ3) is 3.38. The molecule has 3 aliphatic rings. The number of hydrogen-bond acceptors (Lipinski definition) is 8. The number of rotatable bonds is 3. The molecule has 38 heavy (non-hydrogen) atoms. The van der Waals surface area contributed by atoms with Gasteiger partial charge in [-0.1, -0.05) is 42.5 Å². The minimum atomic E-state index is -5.06. The van der Waals surface area contributed by atoms with Crippen molar-refractivity contribution in [3.8, 4) is 5.75 Å². The summed E-state index contributed by atoms with van der Waals surface area (Å²) in [4.78, 5) is 25.5. The largest absolute Gasteiger partial charge is 0.460 e. The van der Waals surface area contributed by atoms with Crippen molar-refractivity contribution in [3.05, 3.63) is 107 Å². The summed E-state index contributed by atoms with van der Waals surface area (Å²) in [6.45, 7) is 0. The lowest BCUT2D eigenvalue weighted by molar-refractivity contribution is -0.124. The molecule has 2 aliphatic heterocycles. The summed E-state index contributed by atoms with van der Waals surface area (Å²) in [7, 11) is -9.88. The van der Waals surface area contributed by atoms with Gasteiger partial charge in [0, 0.05) is 22.3 Å². The van der Waals surface area contributed by atoms with Gasteiger partial charge in [-0.05, 0) is 36.4 Å². The second-order valence-corrected chi connectivity index (χ2v) is 11.6. The van der Waals surface area contributed by atoms with Crippen LogP contribution in [0.1, 0.15) is 27.0 Å². The smallest absolute Gasteiger partial charge is 0.339 e. The van der Waals surface area contributed by atoms with Crippen molar-refractivity contribution in [3.63, 3.8) is 0 Å². The molecule has 0 amide bonds. The average molecular weight is 553 g/mol. The van der Waals surface area contributed by atoms with Crippen molar-refractivity contribution in [1.82, 2.24) is 0 Å². The maximum atomic E-state index is 14.2. The molecule has 0 radical (unpaired) electrons. The van der Waals surface area contributed by atoms with Crippen LogP contribution in [0.3, 0.4) is 0 Å². The van der Waals surface area contributed by atoms with Gasteiger partial charge in [-0.15, -0.1) is 0 Å². The first-order valence-corrected chi connectivity index (χ1v) is 14.0. The van der Waals surface area contributed by atoms with E-state index in [0.717, 1.165) is 12.1 Å². The number of carbonyl (C=O) groups is 2. The number of hydrogen-bond donors (Lipinski definition) is 2. The minimum Gasteiger partial charge on any atom is -0.460 e. The van der Waals surface area contributed by atoms with Crippen LogP contribution in [0.2, 0.25) is 0 Å². The van der Waals surface area contributed by atoms with E-state index in [4.69, 9.17) is 9.47 Å². The number of benzene rings is 3. The third-order valence-electron chi connectivity index (χ3n) is 6.77. The summed E-state index contributed by atoms with van der Waals surface area (Å²) >= 11 is 0. The molecule has 6 rings (SSSR count). The second kappa shape index (κ2) is 7.95. The number of allylic oxidation sites excluding steroid dienone is 3. The van der Waals surface area contributed by atoms with Gasteiger partial charge >= 0.3 is 5.97 Å². The number of ether oxygens (including phenoxy) is 2. The van der Waals surface area contributed by atoms with Crippen molar-refractivity contribution >= 4 is 37.6 Å². The SMILES string of the molecule is O=C1OC2(c3ccccc3OC3=CC=C(c4ccc(S(=O)(=O)O)cc4S(=O)(=O)O)C(=O)C32)c2ccccc21. The zero-order valence-electron chi connectivity index (χ0n) is 19.1. The fourth-order valence-corrected chi connectivity index (χ4v) is 6.54. The molecule has 1 spiro atoms. The Labute approximate surface area is 216 Å². The zero-order valence-corrected chi connectivity index (χ0v) is 20.7. The molecular weight excluding hydrogens is 536 g/mol. The molecule has 0 aromatic heterocycles. The van der Waals surface area contributed by atoms with Crippen LogP contribution < -0.4 is 4.74 Å². The van der Waals surface area contributed by atoms with Crippen LogP contribution in [-0.4, -0.2) is 37.7 Å². The molecule has 3 aromatic carbocycles. The Morgan fingerprint density at radius 2 is 1.45 bits per heavy atom. The first-order valence-electron chi connectivity index (χ1n) is 11.1. The number of esters is 1. The number of carbonyl (C=O) groups excluding carboxylic acids is 2. The van der Waals surface area contributed by atoms with Gasteiger partial charge in [0.2, 0.25) is 0 Å². The summed E-state index contributed by atoms with van der Waals surface area (Å²) in [6, 6.07) is 15.8. The normalized spacial score (nSPS) is 22.0. The number of Topliss-reactive ketones (excluding diaryl/α,β-unsaturated/α-hetero) is 1. The predicted octanol–water partition coefficient (Wildman–Crippen LogP) is 3.15. The molecular formula is C26H16O10S2. The Hall–Kier alpha value is -4.10. The van der Waals surface area contributed by atoms with Crippen LogP contribution in [0.5, 0.6) is 5.75 Å². The summed E-state index contributed by atoms with van der Waals surface area (Å²) in [5.74, 6) is -2.13. The molecule has 3 aromatic rings. The molecule has 1 aliphatic carbocycles. The van der Waals surface area contributed by atoms with Crippen molar-refractivity contribution in [2.45, 2.75) is 15.4 Å². The molecule has 2 heterocycles. The lowest BCUT2D eigenvalue weighted by atomic mass is 9.68. The van der Waals surface area contributed by atoms with E-state index in [0.29, 0.717) is 22.9 Å². The van der Waals surface area contributed by atoms with E-state index < -0.39 is 53.3 Å². The van der Waals surface area contributed by atoms with Gasteiger partial charge in [0.05, 0.1) is 10.5 Å². The first kappa shape index (κ1) is 24.2. The predicted molar refractivity (Wildman–Crippen MR) is 130 cm³/mol. The van der Waals surface area contributed by atoms with Crippen LogP contribution in [-0.2, 0) is 35.4 Å². The molecule has 0 saturated carbocycles. The Morgan fingerprint density at radius 1 is 0.763 bits per heavy atom. The van der Waals surface area contributed by atoms with E-state index in [1.165, 1.54) is 12.2 Å². The molecule has 2 atom stereocenters. The first-order chi connectivity index (χ1) is 17.9. The maximum absolute atomic E-state index is 14.2. The molecule has 0 bridgehead atoms. The van der Waals surface area contributed by atoms with E-state index in [1.807, 2.05) is 0 Å². The highest BCUT2D eigenvalue weighted by atomic mass is 32.2. The van der Waals surface area contributed by atoms with Crippen molar-refractivity contribution < 1.29 is 45.0 Å². The summed E-state index contributed by atoms with van der Waals surface area (Å²) in [6.07, 6.45) is 2.70. The molecule has 0 fully saturated rings. The Balaban J connectivity index is 1.60. The lowest BCUT2D eigenvalue weighted by Crippen LogP contribution is -2.47. The fraction of sp³-hybridized carbons (Fsp3) is 0.0769. The van der Waals surface area contributed by atoms with E-state index in [-0.39, 0.29) is 22.5 Å². The maximum Gasteiger partial charge on any atom is 0.339 e. The van der Waals surface area contributed by atoms with Gasteiger partial charge in [0.25, 0.3) is 20.2 Å². The highest BCUT2D eigenvalue weighted by Gasteiger charge is 2.61. The topological polar surface area (TPSA) is 161 Å².